The van der Waals surface area contributed by atoms with Crippen LogP contribution < -0.4 is 4.74 Å². The Morgan fingerprint density at radius 3 is 2.50 bits per heavy atom. The van der Waals surface area contributed by atoms with E-state index in [1.807, 2.05) is 24.3 Å². The van der Waals surface area contributed by atoms with Crippen LogP contribution in [0.1, 0.15) is 31.2 Å². The van der Waals surface area contributed by atoms with Gasteiger partial charge < -0.3 is 14.6 Å². The third-order valence-corrected chi connectivity index (χ3v) is 3.23. The van der Waals surface area contributed by atoms with E-state index in [1.165, 1.54) is 12.5 Å². The SMILES string of the molecule is CC(Oc1ccc(C2CCOCC2)cc1)C(=O)O. The molecule has 1 aromatic carbocycles. The molecule has 4 nitrogen and oxygen atoms in total. The quantitative estimate of drug-likeness (QED) is 0.891. The summed E-state index contributed by atoms with van der Waals surface area (Å²) in [5.41, 5.74) is 1.27. The zero-order valence-corrected chi connectivity index (χ0v) is 10.5. The van der Waals surface area contributed by atoms with E-state index in [1.54, 1.807) is 0 Å². The van der Waals surface area contributed by atoms with Gasteiger partial charge in [0, 0.05) is 13.2 Å². The number of carboxylic acid groups (broad SMARTS) is 1. The first-order valence-electron chi connectivity index (χ1n) is 6.24. The molecule has 1 aromatic rings. The molecule has 1 unspecified atom stereocenters. The summed E-state index contributed by atoms with van der Waals surface area (Å²) < 4.78 is 10.6. The monoisotopic (exact) mass is 250 g/mol. The van der Waals surface area contributed by atoms with Gasteiger partial charge in [-0.2, -0.15) is 0 Å². The fourth-order valence-electron chi connectivity index (χ4n) is 2.10. The van der Waals surface area contributed by atoms with E-state index in [-0.39, 0.29) is 0 Å². The summed E-state index contributed by atoms with van der Waals surface area (Å²) in [6, 6.07) is 7.70. The van der Waals surface area contributed by atoms with Crippen molar-refractivity contribution in [3.05, 3.63) is 29.8 Å². The average molecular weight is 250 g/mol. The lowest BCUT2D eigenvalue weighted by Gasteiger charge is -2.22. The number of ether oxygens (including phenoxy) is 2. The minimum absolute atomic E-state index is 0.546. The summed E-state index contributed by atoms with van der Waals surface area (Å²) in [4.78, 5) is 10.7. The first-order valence-corrected chi connectivity index (χ1v) is 6.24. The van der Waals surface area contributed by atoms with Gasteiger partial charge in [0.15, 0.2) is 6.10 Å². The van der Waals surface area contributed by atoms with Crippen molar-refractivity contribution < 1.29 is 19.4 Å². The highest BCUT2D eigenvalue weighted by Gasteiger charge is 2.16. The average Bonchev–Trinajstić information content (AvgIpc) is 2.40. The van der Waals surface area contributed by atoms with Crippen LogP contribution in [0.2, 0.25) is 0 Å². The predicted octanol–water partition coefficient (Wildman–Crippen LogP) is 2.43. The molecule has 1 aliphatic rings. The number of hydrogen-bond donors (Lipinski definition) is 1. The summed E-state index contributed by atoms with van der Waals surface area (Å²) in [5, 5.41) is 8.76. The van der Waals surface area contributed by atoms with Crippen LogP contribution in [-0.4, -0.2) is 30.4 Å². The maximum Gasteiger partial charge on any atom is 0.344 e. The molecule has 0 aromatic heterocycles. The second-order valence-corrected chi connectivity index (χ2v) is 4.55. The fraction of sp³-hybridized carbons (Fsp3) is 0.500. The number of aliphatic carboxylic acids is 1. The minimum atomic E-state index is -0.955. The van der Waals surface area contributed by atoms with Gasteiger partial charge >= 0.3 is 5.97 Å². The number of rotatable bonds is 4. The molecule has 0 spiro atoms. The standard InChI is InChI=1S/C14H18O4/c1-10(14(15)16)18-13-4-2-11(3-5-13)12-6-8-17-9-7-12/h2-5,10,12H,6-9H2,1H3,(H,15,16). The van der Waals surface area contributed by atoms with Gasteiger partial charge in [-0.15, -0.1) is 0 Å². The van der Waals surface area contributed by atoms with Crippen molar-refractivity contribution in [1.82, 2.24) is 0 Å². The molecule has 1 aliphatic heterocycles. The molecule has 1 heterocycles. The van der Waals surface area contributed by atoms with Gasteiger partial charge in [-0.1, -0.05) is 12.1 Å². The summed E-state index contributed by atoms with van der Waals surface area (Å²) in [6.45, 7) is 3.16. The van der Waals surface area contributed by atoms with Crippen molar-refractivity contribution in [2.75, 3.05) is 13.2 Å². The highest BCUT2D eigenvalue weighted by molar-refractivity contribution is 5.72. The molecule has 4 heteroatoms. The molecule has 1 saturated heterocycles. The fourth-order valence-corrected chi connectivity index (χ4v) is 2.10. The van der Waals surface area contributed by atoms with E-state index in [9.17, 15) is 4.79 Å². The molecule has 1 atom stereocenters. The Labute approximate surface area is 107 Å². The summed E-state index contributed by atoms with van der Waals surface area (Å²) in [7, 11) is 0. The van der Waals surface area contributed by atoms with Crippen molar-refractivity contribution in [3.8, 4) is 5.75 Å². The van der Waals surface area contributed by atoms with Crippen LogP contribution >= 0.6 is 0 Å². The van der Waals surface area contributed by atoms with Crippen LogP contribution in [0.25, 0.3) is 0 Å². The molecule has 98 valence electrons. The van der Waals surface area contributed by atoms with Crippen LogP contribution in [0.4, 0.5) is 0 Å². The van der Waals surface area contributed by atoms with Crippen LogP contribution in [0.5, 0.6) is 5.75 Å². The van der Waals surface area contributed by atoms with Gasteiger partial charge in [0.05, 0.1) is 0 Å². The van der Waals surface area contributed by atoms with E-state index < -0.39 is 12.1 Å². The first kappa shape index (κ1) is 12.9. The Hall–Kier alpha value is -1.55. The highest BCUT2D eigenvalue weighted by Crippen LogP contribution is 2.28. The summed E-state index contributed by atoms with van der Waals surface area (Å²) in [6.07, 6.45) is 1.27. The Bertz CT molecular complexity index is 393. The number of hydrogen-bond acceptors (Lipinski definition) is 3. The molecular formula is C14H18O4. The van der Waals surface area contributed by atoms with E-state index >= 15 is 0 Å². The topological polar surface area (TPSA) is 55.8 Å². The van der Waals surface area contributed by atoms with E-state index in [4.69, 9.17) is 14.6 Å². The lowest BCUT2D eigenvalue weighted by molar-refractivity contribution is -0.144. The molecular weight excluding hydrogens is 232 g/mol. The van der Waals surface area contributed by atoms with Gasteiger partial charge in [0.25, 0.3) is 0 Å². The van der Waals surface area contributed by atoms with Crippen molar-refractivity contribution in [3.63, 3.8) is 0 Å². The third-order valence-electron chi connectivity index (χ3n) is 3.23. The zero-order chi connectivity index (χ0) is 13.0. The normalized spacial score (nSPS) is 18.3. The van der Waals surface area contributed by atoms with Crippen LogP contribution in [0, 0.1) is 0 Å². The molecule has 18 heavy (non-hydrogen) atoms. The minimum Gasteiger partial charge on any atom is -0.479 e. The zero-order valence-electron chi connectivity index (χ0n) is 10.5. The molecule has 0 amide bonds. The van der Waals surface area contributed by atoms with Crippen LogP contribution in [0.15, 0.2) is 24.3 Å². The Balaban J connectivity index is 1.98. The summed E-state index contributed by atoms with van der Waals surface area (Å²) in [5.74, 6) is 0.189. The van der Waals surface area contributed by atoms with Gasteiger partial charge in [-0.25, -0.2) is 4.79 Å². The second kappa shape index (κ2) is 5.87. The number of benzene rings is 1. The van der Waals surface area contributed by atoms with E-state index in [2.05, 4.69) is 0 Å². The molecule has 0 radical (unpaired) electrons. The lowest BCUT2D eigenvalue weighted by atomic mass is 9.92. The van der Waals surface area contributed by atoms with Crippen molar-refractivity contribution >= 4 is 5.97 Å². The van der Waals surface area contributed by atoms with Crippen LogP contribution in [0.3, 0.4) is 0 Å². The van der Waals surface area contributed by atoms with Gasteiger partial charge in [0.1, 0.15) is 5.75 Å². The van der Waals surface area contributed by atoms with Crippen LogP contribution in [-0.2, 0) is 9.53 Å². The van der Waals surface area contributed by atoms with E-state index in [0.29, 0.717) is 11.7 Å². The maximum absolute atomic E-state index is 10.7. The largest absolute Gasteiger partial charge is 0.479 e. The number of carboxylic acids is 1. The van der Waals surface area contributed by atoms with Crippen molar-refractivity contribution in [1.29, 1.82) is 0 Å². The smallest absolute Gasteiger partial charge is 0.344 e. The molecule has 1 N–H and O–H groups in total. The van der Waals surface area contributed by atoms with Crippen molar-refractivity contribution in [2.45, 2.75) is 31.8 Å². The Morgan fingerprint density at radius 2 is 1.94 bits per heavy atom. The van der Waals surface area contributed by atoms with E-state index in [0.717, 1.165) is 26.1 Å². The van der Waals surface area contributed by atoms with Gasteiger partial charge in [-0.05, 0) is 43.4 Å². The molecule has 2 rings (SSSR count). The number of carbonyl (C=O) groups is 1. The lowest BCUT2D eigenvalue weighted by Crippen LogP contribution is -2.22. The molecule has 1 fully saturated rings. The molecule has 0 aliphatic carbocycles. The van der Waals surface area contributed by atoms with Gasteiger partial charge in [0.2, 0.25) is 0 Å². The Kier molecular flexibility index (Phi) is 4.20. The maximum atomic E-state index is 10.7. The molecule has 0 saturated carbocycles. The highest BCUT2D eigenvalue weighted by atomic mass is 16.5. The van der Waals surface area contributed by atoms with Gasteiger partial charge in [-0.3, -0.25) is 0 Å². The third kappa shape index (κ3) is 3.23. The van der Waals surface area contributed by atoms with Crippen molar-refractivity contribution in [2.24, 2.45) is 0 Å². The Morgan fingerprint density at radius 1 is 1.33 bits per heavy atom. The molecule has 0 bridgehead atoms. The first-order chi connectivity index (χ1) is 8.66. The predicted molar refractivity (Wildman–Crippen MR) is 67.0 cm³/mol. The summed E-state index contributed by atoms with van der Waals surface area (Å²) >= 11 is 0. The second-order valence-electron chi connectivity index (χ2n) is 4.55.